The molecule has 3 aliphatic heterocycles. The van der Waals surface area contributed by atoms with Gasteiger partial charge in [0.2, 0.25) is 5.91 Å². The fourth-order valence-electron chi connectivity index (χ4n) is 7.00. The zero-order valence-electron chi connectivity index (χ0n) is 23.9. The van der Waals surface area contributed by atoms with Gasteiger partial charge in [0.05, 0.1) is 17.8 Å². The Hall–Kier alpha value is -3.85. The van der Waals surface area contributed by atoms with E-state index >= 15 is 0 Å². The van der Waals surface area contributed by atoms with Crippen molar-refractivity contribution in [1.82, 2.24) is 20.2 Å². The number of anilines is 2. The number of carbonyl (C=O) groups excluding carboxylic acids is 1. The molecule has 9 nitrogen and oxygen atoms in total. The normalized spacial score (nSPS) is 24.9. The Kier molecular flexibility index (Phi) is 6.12. The minimum absolute atomic E-state index is 0.0200. The van der Waals surface area contributed by atoms with Crippen molar-refractivity contribution in [3.8, 4) is 11.8 Å². The second-order valence-electron chi connectivity index (χ2n) is 12.6. The summed E-state index contributed by atoms with van der Waals surface area (Å²) >= 11 is 0. The van der Waals surface area contributed by atoms with E-state index in [1.807, 2.05) is 35.2 Å². The lowest BCUT2D eigenvalue weighted by Gasteiger charge is -2.38. The first-order valence-electron chi connectivity index (χ1n) is 14.7. The number of nitrogens with zero attached hydrogens (tertiary/aromatic N) is 5. The van der Waals surface area contributed by atoms with Crippen LogP contribution in [0.3, 0.4) is 0 Å². The summed E-state index contributed by atoms with van der Waals surface area (Å²) < 4.78 is 6.51. The van der Waals surface area contributed by atoms with Crippen molar-refractivity contribution >= 4 is 28.2 Å². The van der Waals surface area contributed by atoms with Crippen LogP contribution in [0.15, 0.2) is 49.1 Å². The number of piperazine rings is 1. The van der Waals surface area contributed by atoms with Gasteiger partial charge in [-0.3, -0.25) is 4.79 Å². The molecule has 9 heteroatoms. The minimum Gasteiger partial charge on any atom is -0.508 e. The third kappa shape index (κ3) is 4.76. The Labute approximate surface area is 240 Å². The summed E-state index contributed by atoms with van der Waals surface area (Å²) in [6.45, 7) is 12.2. The second-order valence-corrected chi connectivity index (χ2v) is 12.6. The number of hydrogen-bond acceptors (Lipinski definition) is 8. The summed E-state index contributed by atoms with van der Waals surface area (Å²) in [5.74, 6) is 1.15. The molecule has 2 N–H and O–H groups in total. The molecule has 0 bridgehead atoms. The molecule has 1 saturated carbocycles. The van der Waals surface area contributed by atoms with E-state index in [0.29, 0.717) is 38.7 Å². The van der Waals surface area contributed by atoms with Crippen LogP contribution in [-0.2, 0) is 17.8 Å². The van der Waals surface area contributed by atoms with Crippen LogP contribution in [-0.4, -0.2) is 75.8 Å². The van der Waals surface area contributed by atoms with Crippen molar-refractivity contribution < 1.29 is 14.6 Å². The SMILES string of the molecule is C=CC(=O)N1CCN(c2nc(OC3CC34CCC(C)(C)N4)nc3c2CCN(c2cc(O)cc4ccccc24)C3)CC1. The van der Waals surface area contributed by atoms with Gasteiger partial charge in [-0.15, -0.1) is 0 Å². The molecule has 1 spiro atoms. The van der Waals surface area contributed by atoms with E-state index in [9.17, 15) is 9.90 Å². The Morgan fingerprint density at radius 2 is 1.90 bits per heavy atom. The largest absolute Gasteiger partial charge is 0.508 e. The number of nitrogens with one attached hydrogen (secondary N) is 1. The van der Waals surface area contributed by atoms with E-state index in [1.54, 1.807) is 0 Å². The van der Waals surface area contributed by atoms with Gasteiger partial charge in [-0.1, -0.05) is 30.8 Å². The third-order valence-electron chi connectivity index (χ3n) is 9.29. The number of ether oxygens (including phenoxy) is 1. The number of aromatic nitrogens is 2. The maximum Gasteiger partial charge on any atom is 0.319 e. The van der Waals surface area contributed by atoms with Crippen molar-refractivity contribution in [1.29, 1.82) is 0 Å². The molecule has 2 atom stereocenters. The lowest BCUT2D eigenvalue weighted by Crippen LogP contribution is -2.49. The Balaban J connectivity index is 1.20. The molecule has 2 saturated heterocycles. The van der Waals surface area contributed by atoms with Crippen LogP contribution >= 0.6 is 0 Å². The molecule has 3 aromatic rings. The van der Waals surface area contributed by atoms with Gasteiger partial charge in [-0.25, -0.2) is 0 Å². The van der Waals surface area contributed by atoms with E-state index < -0.39 is 0 Å². The first-order chi connectivity index (χ1) is 19.7. The first-order valence-corrected chi connectivity index (χ1v) is 14.7. The molecule has 0 radical (unpaired) electrons. The monoisotopic (exact) mass is 554 g/mol. The molecule has 7 rings (SSSR count). The predicted octanol–water partition coefficient (Wildman–Crippen LogP) is 3.78. The van der Waals surface area contributed by atoms with Crippen molar-refractivity contribution in [2.24, 2.45) is 0 Å². The third-order valence-corrected chi connectivity index (χ3v) is 9.29. The number of hydrogen-bond donors (Lipinski definition) is 2. The molecule has 214 valence electrons. The summed E-state index contributed by atoms with van der Waals surface area (Å²) in [4.78, 5) is 28.6. The second kappa shape index (κ2) is 9.62. The highest BCUT2D eigenvalue weighted by molar-refractivity contribution is 5.95. The van der Waals surface area contributed by atoms with E-state index in [4.69, 9.17) is 14.7 Å². The Morgan fingerprint density at radius 3 is 2.66 bits per heavy atom. The summed E-state index contributed by atoms with van der Waals surface area (Å²) in [5, 5.41) is 16.4. The van der Waals surface area contributed by atoms with E-state index in [0.717, 1.165) is 65.8 Å². The predicted molar refractivity (Wildman–Crippen MR) is 160 cm³/mol. The van der Waals surface area contributed by atoms with E-state index in [2.05, 4.69) is 41.6 Å². The van der Waals surface area contributed by atoms with Gasteiger partial charge in [-0.05, 0) is 50.6 Å². The Morgan fingerprint density at radius 1 is 1.10 bits per heavy atom. The van der Waals surface area contributed by atoms with Crippen molar-refractivity contribution in [3.63, 3.8) is 0 Å². The minimum atomic E-state index is -0.0293. The summed E-state index contributed by atoms with van der Waals surface area (Å²) in [6.07, 6.45) is 5.42. The lowest BCUT2D eigenvalue weighted by atomic mass is 10.0. The fourth-order valence-corrected chi connectivity index (χ4v) is 7.00. The number of carbonyl (C=O) groups is 1. The van der Waals surface area contributed by atoms with Gasteiger partial charge in [0.15, 0.2) is 0 Å². The highest BCUT2D eigenvalue weighted by Crippen LogP contribution is 2.49. The number of benzene rings is 2. The van der Waals surface area contributed by atoms with Crippen LogP contribution in [0.1, 0.15) is 44.4 Å². The molecule has 1 aromatic heterocycles. The van der Waals surface area contributed by atoms with Crippen molar-refractivity contribution in [2.75, 3.05) is 42.5 Å². The standard InChI is InChI=1S/C32H38N6O3/c1-4-28(40)36-13-15-37(16-14-36)29-24-9-12-38(26-18-22(39)17-21-7-5-6-8-23(21)26)20-25(24)33-30(34-29)41-27-19-32(27)11-10-31(2,3)35-32/h4-8,17-18,27,35,39H,1,9-16,19-20H2,2-3H3. The molecule has 1 aliphatic carbocycles. The van der Waals surface area contributed by atoms with E-state index in [-0.39, 0.29) is 28.8 Å². The van der Waals surface area contributed by atoms with Gasteiger partial charge in [0, 0.05) is 67.4 Å². The van der Waals surface area contributed by atoms with Crippen LogP contribution in [0.25, 0.3) is 10.8 Å². The molecular formula is C32H38N6O3. The number of aromatic hydroxyl groups is 1. The van der Waals surface area contributed by atoms with E-state index in [1.165, 1.54) is 6.08 Å². The van der Waals surface area contributed by atoms with Gasteiger partial charge < -0.3 is 29.9 Å². The smallest absolute Gasteiger partial charge is 0.319 e. The average Bonchev–Trinajstić information content (AvgIpc) is 3.53. The average molecular weight is 555 g/mol. The molecule has 4 aliphatic rings. The summed E-state index contributed by atoms with van der Waals surface area (Å²) in [5.41, 5.74) is 3.25. The van der Waals surface area contributed by atoms with Gasteiger partial charge in [0.1, 0.15) is 17.7 Å². The molecule has 1 amide bonds. The van der Waals surface area contributed by atoms with Crippen molar-refractivity contribution in [3.05, 3.63) is 60.3 Å². The fraction of sp³-hybridized carbons (Fsp3) is 0.469. The molecule has 2 unspecified atom stereocenters. The topological polar surface area (TPSA) is 94.1 Å². The molecule has 3 fully saturated rings. The van der Waals surface area contributed by atoms with Crippen LogP contribution < -0.4 is 19.9 Å². The maximum atomic E-state index is 12.2. The van der Waals surface area contributed by atoms with Crippen molar-refractivity contribution in [2.45, 2.75) is 63.3 Å². The molecule has 2 aromatic carbocycles. The highest BCUT2D eigenvalue weighted by atomic mass is 16.5. The van der Waals surface area contributed by atoms with Gasteiger partial charge in [0.25, 0.3) is 0 Å². The lowest BCUT2D eigenvalue weighted by molar-refractivity contribution is -0.126. The Bertz CT molecular complexity index is 1530. The zero-order chi connectivity index (χ0) is 28.4. The number of phenolic OH excluding ortho intramolecular Hbond substituents is 1. The molecule has 4 heterocycles. The maximum absolute atomic E-state index is 12.2. The van der Waals surface area contributed by atoms with Crippen LogP contribution in [0.5, 0.6) is 11.8 Å². The summed E-state index contributed by atoms with van der Waals surface area (Å²) in [7, 11) is 0. The summed E-state index contributed by atoms with van der Waals surface area (Å²) in [6, 6.07) is 12.3. The first kappa shape index (κ1) is 26.1. The van der Waals surface area contributed by atoms with Crippen LogP contribution in [0, 0.1) is 0 Å². The number of amides is 1. The number of fused-ring (bicyclic) bond motifs is 2. The van der Waals surface area contributed by atoms with Crippen LogP contribution in [0.2, 0.25) is 0 Å². The number of phenols is 1. The number of rotatable bonds is 5. The van der Waals surface area contributed by atoms with Gasteiger partial charge in [-0.2, -0.15) is 9.97 Å². The van der Waals surface area contributed by atoms with Gasteiger partial charge >= 0.3 is 6.01 Å². The van der Waals surface area contributed by atoms with Crippen LogP contribution in [0.4, 0.5) is 11.5 Å². The zero-order valence-corrected chi connectivity index (χ0v) is 23.9. The molecule has 41 heavy (non-hydrogen) atoms. The molecular weight excluding hydrogens is 516 g/mol. The highest BCUT2D eigenvalue weighted by Gasteiger charge is 2.61. The quantitative estimate of drug-likeness (QED) is 0.461.